The van der Waals surface area contributed by atoms with Crippen molar-refractivity contribution in [2.24, 2.45) is 16.5 Å². The summed E-state index contributed by atoms with van der Waals surface area (Å²) in [6, 6.07) is 8.65. The second kappa shape index (κ2) is 11.7. The number of benzene rings is 2. The van der Waals surface area contributed by atoms with Crippen LogP contribution < -0.4 is 16.8 Å². The summed E-state index contributed by atoms with van der Waals surface area (Å²) >= 11 is 6.20. The third-order valence-electron chi connectivity index (χ3n) is 6.49. The van der Waals surface area contributed by atoms with E-state index in [1.165, 1.54) is 30.3 Å². The van der Waals surface area contributed by atoms with Crippen LogP contribution in [0.1, 0.15) is 30.4 Å². The summed E-state index contributed by atoms with van der Waals surface area (Å²) in [6.45, 7) is 1.54. The molecule has 39 heavy (non-hydrogen) atoms. The van der Waals surface area contributed by atoms with Gasteiger partial charge in [0.05, 0.1) is 33.7 Å². The van der Waals surface area contributed by atoms with Gasteiger partial charge < -0.3 is 27.0 Å². The monoisotopic (exact) mass is 556 g/mol. The predicted octanol–water partition coefficient (Wildman–Crippen LogP) is 4.98. The molecule has 12 heteroatoms. The van der Waals surface area contributed by atoms with Crippen molar-refractivity contribution in [1.29, 1.82) is 0 Å². The maximum atomic E-state index is 14.2. The second-order valence-electron chi connectivity index (χ2n) is 9.22. The zero-order valence-corrected chi connectivity index (χ0v) is 21.7. The Morgan fingerprint density at radius 2 is 2.00 bits per heavy atom. The topological polar surface area (TPSA) is 151 Å². The van der Waals surface area contributed by atoms with Gasteiger partial charge in [-0.15, -0.1) is 0 Å². The van der Waals surface area contributed by atoms with Crippen LogP contribution in [0.5, 0.6) is 5.75 Å². The van der Waals surface area contributed by atoms with Gasteiger partial charge >= 0.3 is 0 Å². The number of halogens is 3. The van der Waals surface area contributed by atoms with Crippen LogP contribution in [0.4, 0.5) is 20.2 Å². The summed E-state index contributed by atoms with van der Waals surface area (Å²) in [5.41, 5.74) is 16.7. The average molecular weight is 557 g/mol. The van der Waals surface area contributed by atoms with Crippen LogP contribution >= 0.6 is 11.6 Å². The van der Waals surface area contributed by atoms with Crippen LogP contribution in [0.25, 0.3) is 16.6 Å². The Balaban J connectivity index is 0.00000112. The number of phenols is 1. The molecule has 204 valence electrons. The van der Waals surface area contributed by atoms with E-state index in [0.29, 0.717) is 33.5 Å². The van der Waals surface area contributed by atoms with E-state index >= 15 is 0 Å². The maximum Gasteiger partial charge on any atom is 0.290 e. The molecule has 1 aliphatic carbocycles. The highest BCUT2D eigenvalue weighted by Gasteiger charge is 2.25. The van der Waals surface area contributed by atoms with E-state index in [1.807, 2.05) is 6.07 Å². The van der Waals surface area contributed by atoms with Gasteiger partial charge in [-0.25, -0.2) is 18.3 Å². The van der Waals surface area contributed by atoms with Crippen molar-refractivity contribution in [3.63, 3.8) is 0 Å². The number of anilines is 1. The summed E-state index contributed by atoms with van der Waals surface area (Å²) in [6.07, 6.45) is 5.92. The molecule has 1 fully saturated rings. The number of carboxylic acid groups (broad SMARTS) is 1. The first-order chi connectivity index (χ1) is 18.6. The first kappa shape index (κ1) is 27.8. The van der Waals surface area contributed by atoms with Crippen molar-refractivity contribution in [1.82, 2.24) is 9.61 Å². The predicted molar refractivity (Wildman–Crippen MR) is 147 cm³/mol. The molecule has 2 heterocycles. The fraction of sp³-hybridized carbons (Fsp3) is 0.222. The third kappa shape index (κ3) is 6.10. The number of aliphatic imine (C=N–C) groups is 1. The number of carbonyl (C=O) groups is 1. The van der Waals surface area contributed by atoms with Gasteiger partial charge in [0.1, 0.15) is 11.7 Å². The molecule has 2 aromatic carbocycles. The molecule has 0 amide bonds. The molecular weight excluding hydrogens is 530 g/mol. The quantitative estimate of drug-likeness (QED) is 0.132. The van der Waals surface area contributed by atoms with Crippen molar-refractivity contribution < 1.29 is 23.8 Å². The number of nitrogens with zero attached hydrogens (tertiary/aromatic N) is 3. The highest BCUT2D eigenvalue weighted by atomic mass is 35.5. The Labute approximate surface area is 227 Å². The van der Waals surface area contributed by atoms with Crippen LogP contribution in [0.3, 0.4) is 0 Å². The van der Waals surface area contributed by atoms with Gasteiger partial charge in [0.25, 0.3) is 6.47 Å². The van der Waals surface area contributed by atoms with Crippen LogP contribution in [0.2, 0.25) is 5.02 Å². The third-order valence-corrected chi connectivity index (χ3v) is 6.81. The van der Waals surface area contributed by atoms with E-state index in [9.17, 15) is 13.9 Å². The lowest BCUT2D eigenvalue weighted by atomic mass is 10.0. The van der Waals surface area contributed by atoms with Gasteiger partial charge in [0.15, 0.2) is 11.6 Å². The molecule has 2 atom stereocenters. The number of nitrogens with two attached hydrogens (primary N) is 2. The molecule has 9 nitrogen and oxygen atoms in total. The Bertz CT molecular complexity index is 1560. The van der Waals surface area contributed by atoms with Gasteiger partial charge in [-0.2, -0.15) is 5.10 Å². The number of amidine groups is 1. The molecule has 1 aliphatic rings. The van der Waals surface area contributed by atoms with Gasteiger partial charge in [0, 0.05) is 29.9 Å². The fourth-order valence-corrected chi connectivity index (χ4v) is 4.80. The number of aromatic nitrogens is 2. The number of phenolic OH excluding ortho intramolecular Hbond substituents is 1. The molecule has 0 radical (unpaired) electrons. The molecule has 5 rings (SSSR count). The van der Waals surface area contributed by atoms with Crippen LogP contribution in [0, 0.1) is 18.6 Å². The lowest BCUT2D eigenvalue weighted by Crippen LogP contribution is -2.24. The summed E-state index contributed by atoms with van der Waals surface area (Å²) in [7, 11) is 0. The van der Waals surface area contributed by atoms with Crippen LogP contribution in [-0.2, 0) is 4.79 Å². The fourth-order valence-electron chi connectivity index (χ4n) is 4.64. The van der Waals surface area contributed by atoms with Crippen molar-refractivity contribution in [2.45, 2.75) is 38.3 Å². The molecule has 1 saturated carbocycles. The molecule has 7 N–H and O–H groups in total. The highest BCUT2D eigenvalue weighted by Crippen LogP contribution is 2.35. The van der Waals surface area contributed by atoms with Crippen molar-refractivity contribution >= 4 is 40.8 Å². The Morgan fingerprint density at radius 1 is 1.26 bits per heavy atom. The summed E-state index contributed by atoms with van der Waals surface area (Å²) in [5.74, 6) is -1.48. The molecule has 0 aliphatic heterocycles. The molecular formula is C27H27ClF2N6O3. The van der Waals surface area contributed by atoms with Crippen LogP contribution in [0.15, 0.2) is 53.8 Å². The first-order valence-electron chi connectivity index (χ1n) is 12.0. The van der Waals surface area contributed by atoms with E-state index in [1.54, 1.807) is 23.8 Å². The zero-order valence-electron chi connectivity index (χ0n) is 20.9. The van der Waals surface area contributed by atoms with Crippen LogP contribution in [-0.4, -0.2) is 44.2 Å². The summed E-state index contributed by atoms with van der Waals surface area (Å²) in [5, 5.41) is 24.9. The van der Waals surface area contributed by atoms with Crippen molar-refractivity contribution in [3.8, 4) is 16.9 Å². The number of aryl methyl sites for hydroxylation is 1. The number of aromatic hydroxyl groups is 1. The van der Waals surface area contributed by atoms with Gasteiger partial charge in [-0.1, -0.05) is 11.6 Å². The average Bonchev–Trinajstić information content (AvgIpc) is 3.50. The number of hydrogen-bond acceptors (Lipinski definition) is 6. The number of hydrogen-bond donors (Lipinski definition) is 5. The van der Waals surface area contributed by atoms with E-state index < -0.39 is 17.4 Å². The van der Waals surface area contributed by atoms with E-state index in [-0.39, 0.29) is 35.1 Å². The smallest absolute Gasteiger partial charge is 0.290 e. The van der Waals surface area contributed by atoms with E-state index in [4.69, 9.17) is 33.0 Å². The molecule has 0 spiro atoms. The summed E-state index contributed by atoms with van der Waals surface area (Å²) in [4.78, 5) is 12.7. The number of rotatable bonds is 5. The SMILES string of the molecule is Cc1cc(O)c(F)cc1-c1cc2c(N[C@H]3CC[C@@H](N)C3)c(C(N)=Nc3cc(F)ccc3Cl)cnn2c1.O=CO. The standard InChI is InChI=1S/C26H25ClF2N6O.CH2O2/c1-13-6-24(36)21(29)10-18(13)14-7-23-25(33-17-4-3-16(30)9-17)19(11-32-35(23)12-14)26(31)34-22-8-15(28)2-5-20(22)27;2-1-3/h2,5-8,10-12,16-17,33,36H,3-4,9,30H2,1H3,(H2,31,34);1H,(H,2,3)/t16-,17+;/m1./s1. The van der Waals surface area contributed by atoms with Gasteiger partial charge in [-0.05, 0) is 67.6 Å². The first-order valence-corrected chi connectivity index (χ1v) is 12.4. The van der Waals surface area contributed by atoms with Gasteiger partial charge in [-0.3, -0.25) is 4.79 Å². The minimum absolute atomic E-state index is 0.103. The molecule has 2 aromatic heterocycles. The largest absolute Gasteiger partial charge is 0.505 e. The van der Waals surface area contributed by atoms with Crippen molar-refractivity contribution in [3.05, 3.63) is 76.6 Å². The molecule has 0 bridgehead atoms. The van der Waals surface area contributed by atoms with E-state index in [2.05, 4.69) is 15.4 Å². The molecule has 0 saturated heterocycles. The zero-order chi connectivity index (χ0) is 28.3. The minimum Gasteiger partial charge on any atom is -0.505 e. The highest BCUT2D eigenvalue weighted by molar-refractivity contribution is 6.33. The number of nitrogens with one attached hydrogen (secondary N) is 1. The Morgan fingerprint density at radius 3 is 2.69 bits per heavy atom. The molecule has 4 aromatic rings. The summed E-state index contributed by atoms with van der Waals surface area (Å²) < 4.78 is 29.6. The normalized spacial score (nSPS) is 17.1. The second-order valence-corrected chi connectivity index (χ2v) is 9.63. The molecule has 0 unspecified atom stereocenters. The van der Waals surface area contributed by atoms with E-state index in [0.717, 1.165) is 19.3 Å². The lowest BCUT2D eigenvalue weighted by Gasteiger charge is -2.18. The number of fused-ring (bicyclic) bond motifs is 1. The maximum absolute atomic E-state index is 14.2. The Kier molecular flexibility index (Phi) is 8.32. The lowest BCUT2D eigenvalue weighted by molar-refractivity contribution is -0.122. The van der Waals surface area contributed by atoms with Gasteiger partial charge in [0.2, 0.25) is 0 Å². The van der Waals surface area contributed by atoms with Crippen molar-refractivity contribution in [2.75, 3.05) is 5.32 Å². The minimum atomic E-state index is -0.707. The Hall–Kier alpha value is -4.22.